The Balaban J connectivity index is 2.01. The van der Waals surface area contributed by atoms with Crippen molar-refractivity contribution >= 4 is 17.4 Å². The standard InChI is InChI=1S/C23H21ClF2N4O3/c1-13-10-27-17(20(31)5-6-29(3)4)9-19(13)30-14(2)7-21(22(24)23(30)32)33-12-18-16(26)8-15(25)11-28-18/h5-11H,12H2,1-4H3/b6-5+/i12D. The van der Waals surface area contributed by atoms with E-state index in [0.717, 1.165) is 6.20 Å². The van der Waals surface area contributed by atoms with Crippen molar-refractivity contribution in [3.63, 3.8) is 0 Å². The van der Waals surface area contributed by atoms with Crippen molar-refractivity contribution in [2.75, 3.05) is 14.1 Å². The minimum atomic E-state index is -1.69. The molecule has 10 heteroatoms. The normalized spacial score (nSPS) is 12.5. The van der Waals surface area contributed by atoms with Gasteiger partial charge in [0.1, 0.15) is 34.6 Å². The number of aromatic nitrogens is 3. The van der Waals surface area contributed by atoms with Crippen LogP contribution in [0.15, 0.2) is 47.7 Å². The molecule has 0 amide bonds. The molecule has 0 aliphatic carbocycles. The largest absolute Gasteiger partial charge is 0.485 e. The van der Waals surface area contributed by atoms with Gasteiger partial charge in [0.2, 0.25) is 5.78 Å². The summed E-state index contributed by atoms with van der Waals surface area (Å²) in [6.07, 6.45) is 5.17. The summed E-state index contributed by atoms with van der Waals surface area (Å²) < 4.78 is 41.7. The Kier molecular flexibility index (Phi) is 6.79. The Morgan fingerprint density at radius 1 is 1.24 bits per heavy atom. The molecule has 0 spiro atoms. The molecular formula is C23H21ClF2N4O3. The topological polar surface area (TPSA) is 77.3 Å². The molecule has 3 aromatic heterocycles. The second-order valence-electron chi connectivity index (χ2n) is 7.36. The van der Waals surface area contributed by atoms with Crippen molar-refractivity contribution < 1.29 is 19.7 Å². The molecule has 0 fully saturated rings. The molecule has 0 saturated carbocycles. The fourth-order valence-electron chi connectivity index (χ4n) is 2.89. The smallest absolute Gasteiger partial charge is 0.277 e. The van der Waals surface area contributed by atoms with Crippen molar-refractivity contribution in [2.24, 2.45) is 0 Å². The van der Waals surface area contributed by atoms with Crippen LogP contribution in [0.5, 0.6) is 5.75 Å². The summed E-state index contributed by atoms with van der Waals surface area (Å²) in [7, 11) is 3.54. The lowest BCUT2D eigenvalue weighted by Gasteiger charge is -2.16. The number of aryl methyl sites for hydroxylation is 2. The lowest BCUT2D eigenvalue weighted by Crippen LogP contribution is -2.23. The van der Waals surface area contributed by atoms with Gasteiger partial charge in [-0.15, -0.1) is 0 Å². The van der Waals surface area contributed by atoms with Gasteiger partial charge in [0.25, 0.3) is 5.56 Å². The molecular weight excluding hydrogens is 454 g/mol. The van der Waals surface area contributed by atoms with Crippen LogP contribution in [0.4, 0.5) is 8.78 Å². The van der Waals surface area contributed by atoms with Crippen LogP contribution < -0.4 is 10.3 Å². The minimum Gasteiger partial charge on any atom is -0.485 e. The van der Waals surface area contributed by atoms with Crippen LogP contribution in [0.1, 0.15) is 28.8 Å². The number of carbonyl (C=O) groups is 1. The number of pyridine rings is 3. The summed E-state index contributed by atoms with van der Waals surface area (Å²) in [5.74, 6) is -2.47. The van der Waals surface area contributed by atoms with Crippen LogP contribution in [0.2, 0.25) is 5.02 Å². The number of allylic oxidation sites excluding steroid dienone is 1. The second-order valence-corrected chi connectivity index (χ2v) is 7.74. The fraction of sp³-hybridized carbons (Fsp3) is 0.217. The van der Waals surface area contributed by atoms with E-state index in [4.69, 9.17) is 17.7 Å². The Labute approximate surface area is 195 Å². The Morgan fingerprint density at radius 2 is 1.97 bits per heavy atom. The Bertz CT molecular complexity index is 1340. The van der Waals surface area contributed by atoms with Gasteiger partial charge in [-0.1, -0.05) is 11.6 Å². The van der Waals surface area contributed by atoms with Crippen molar-refractivity contribution in [2.45, 2.75) is 20.4 Å². The summed E-state index contributed by atoms with van der Waals surface area (Å²) >= 11 is 6.24. The van der Waals surface area contributed by atoms with Crippen molar-refractivity contribution in [3.05, 3.63) is 92.5 Å². The molecule has 172 valence electrons. The van der Waals surface area contributed by atoms with Crippen molar-refractivity contribution in [1.29, 1.82) is 0 Å². The van der Waals surface area contributed by atoms with E-state index in [1.54, 1.807) is 39.0 Å². The molecule has 0 radical (unpaired) electrons. The van der Waals surface area contributed by atoms with E-state index in [0.29, 0.717) is 23.0 Å². The predicted molar refractivity (Wildman–Crippen MR) is 120 cm³/mol. The Morgan fingerprint density at radius 3 is 2.64 bits per heavy atom. The van der Waals surface area contributed by atoms with Crippen molar-refractivity contribution in [1.82, 2.24) is 19.4 Å². The van der Waals surface area contributed by atoms with Crippen LogP contribution in [0.25, 0.3) is 5.69 Å². The average Bonchev–Trinajstić information content (AvgIpc) is 2.76. The third kappa shape index (κ3) is 5.43. The van der Waals surface area contributed by atoms with Gasteiger partial charge in [-0.3, -0.25) is 24.1 Å². The predicted octanol–water partition coefficient (Wildman–Crippen LogP) is 4.01. The number of ether oxygens (including phenoxy) is 1. The summed E-state index contributed by atoms with van der Waals surface area (Å²) in [5.41, 5.74) is 0.373. The highest BCUT2D eigenvalue weighted by Gasteiger charge is 2.18. The van der Waals surface area contributed by atoms with Crippen LogP contribution in [-0.2, 0) is 6.58 Å². The molecule has 0 aliphatic heterocycles. The highest BCUT2D eigenvalue weighted by molar-refractivity contribution is 6.31. The first-order valence-corrected chi connectivity index (χ1v) is 10.1. The van der Waals surface area contributed by atoms with Gasteiger partial charge in [0.15, 0.2) is 5.82 Å². The van der Waals surface area contributed by atoms with Crippen LogP contribution >= 0.6 is 11.6 Å². The molecule has 1 atom stereocenters. The zero-order chi connectivity index (χ0) is 25.2. The lowest BCUT2D eigenvalue weighted by atomic mass is 10.1. The maximum absolute atomic E-state index is 14.0. The molecule has 0 aliphatic rings. The number of rotatable bonds is 7. The zero-order valence-corrected chi connectivity index (χ0v) is 19.0. The van der Waals surface area contributed by atoms with Gasteiger partial charge in [-0.25, -0.2) is 8.78 Å². The number of hydrogen-bond acceptors (Lipinski definition) is 6. The van der Waals surface area contributed by atoms with Gasteiger partial charge in [0.05, 0.1) is 13.3 Å². The van der Waals surface area contributed by atoms with Gasteiger partial charge < -0.3 is 9.64 Å². The fourth-order valence-corrected chi connectivity index (χ4v) is 3.07. The quantitative estimate of drug-likeness (QED) is 0.379. The highest BCUT2D eigenvalue weighted by Crippen LogP contribution is 2.26. The first kappa shape index (κ1) is 22.6. The van der Waals surface area contributed by atoms with E-state index in [9.17, 15) is 18.4 Å². The van der Waals surface area contributed by atoms with Crippen LogP contribution in [-0.4, -0.2) is 39.3 Å². The minimum absolute atomic E-state index is 0.130. The number of halogens is 3. The molecule has 1 unspecified atom stereocenters. The summed E-state index contributed by atoms with van der Waals surface area (Å²) in [6, 6.07) is 3.46. The highest BCUT2D eigenvalue weighted by atomic mass is 35.5. The van der Waals surface area contributed by atoms with Crippen molar-refractivity contribution in [3.8, 4) is 11.4 Å². The van der Waals surface area contributed by atoms with E-state index in [2.05, 4.69) is 9.97 Å². The van der Waals surface area contributed by atoms with E-state index in [1.165, 1.54) is 29.0 Å². The maximum Gasteiger partial charge on any atom is 0.277 e. The third-order valence-electron chi connectivity index (χ3n) is 4.53. The van der Waals surface area contributed by atoms with E-state index in [-0.39, 0.29) is 22.2 Å². The van der Waals surface area contributed by atoms with Gasteiger partial charge >= 0.3 is 0 Å². The third-order valence-corrected chi connectivity index (χ3v) is 4.87. The van der Waals surface area contributed by atoms with E-state index >= 15 is 0 Å². The molecule has 7 nitrogen and oxygen atoms in total. The Hall–Kier alpha value is -3.59. The molecule has 3 aromatic rings. The summed E-state index contributed by atoms with van der Waals surface area (Å²) in [6.45, 7) is 1.63. The monoisotopic (exact) mass is 475 g/mol. The van der Waals surface area contributed by atoms with Gasteiger partial charge in [-0.2, -0.15) is 0 Å². The molecule has 3 heterocycles. The first-order valence-electron chi connectivity index (χ1n) is 10.2. The lowest BCUT2D eigenvalue weighted by molar-refractivity contribution is 0.104. The van der Waals surface area contributed by atoms with Gasteiger partial charge in [0, 0.05) is 50.4 Å². The molecule has 0 aromatic carbocycles. The van der Waals surface area contributed by atoms with E-state index in [1.807, 2.05) is 0 Å². The van der Waals surface area contributed by atoms with E-state index < -0.39 is 29.5 Å². The van der Waals surface area contributed by atoms with Crippen LogP contribution in [0.3, 0.4) is 0 Å². The number of nitrogens with zero attached hydrogens (tertiary/aromatic N) is 4. The second kappa shape index (κ2) is 9.91. The molecule has 0 saturated heterocycles. The summed E-state index contributed by atoms with van der Waals surface area (Å²) in [4.78, 5) is 34.9. The number of ketones is 1. The molecule has 0 bridgehead atoms. The maximum atomic E-state index is 14.0. The number of carbonyl (C=O) groups excluding carboxylic acids is 1. The molecule has 33 heavy (non-hydrogen) atoms. The van der Waals surface area contributed by atoms with Gasteiger partial charge in [-0.05, 0) is 25.5 Å². The SMILES string of the molecule is [2H]C(Oc1cc(C)n(-c2cc(C(=O)/C=C/N(C)C)ncc2C)c(=O)c1Cl)c1ncc(F)cc1F. The van der Waals surface area contributed by atoms with Crippen LogP contribution in [0, 0.1) is 25.5 Å². The zero-order valence-electron chi connectivity index (χ0n) is 19.3. The average molecular weight is 476 g/mol. The number of hydrogen-bond donors (Lipinski definition) is 0. The molecule has 0 N–H and O–H groups in total. The summed E-state index contributed by atoms with van der Waals surface area (Å²) in [5, 5.41) is -0.359. The first-order chi connectivity index (χ1) is 16.0. The molecule has 3 rings (SSSR count).